The molecule has 1 heterocycles. The monoisotopic (exact) mass is 524 g/mol. The zero-order chi connectivity index (χ0) is 27.3. The van der Waals surface area contributed by atoms with Crippen molar-refractivity contribution in [3.05, 3.63) is 95.6 Å². The average molecular weight is 525 g/mol. The Hall–Kier alpha value is -4.14. The molecule has 1 aliphatic heterocycles. The highest BCUT2D eigenvalue weighted by Crippen LogP contribution is 2.25. The van der Waals surface area contributed by atoms with E-state index in [1.165, 1.54) is 6.07 Å². The van der Waals surface area contributed by atoms with Crippen molar-refractivity contribution in [2.24, 2.45) is 0 Å². The maximum absolute atomic E-state index is 13.5. The van der Waals surface area contributed by atoms with Crippen molar-refractivity contribution in [2.45, 2.75) is 38.0 Å². The van der Waals surface area contributed by atoms with E-state index < -0.39 is 23.2 Å². The van der Waals surface area contributed by atoms with E-state index in [4.69, 9.17) is 9.47 Å². The molecule has 7 nitrogen and oxygen atoms in total. The number of rotatable bonds is 11. The number of carboxylic acid groups (broad SMARTS) is 1. The van der Waals surface area contributed by atoms with Gasteiger partial charge in [0.05, 0.1) is 12.6 Å². The summed E-state index contributed by atoms with van der Waals surface area (Å²) in [6.07, 6.45) is 0.751. The van der Waals surface area contributed by atoms with Gasteiger partial charge in [0.25, 0.3) is 0 Å². The van der Waals surface area contributed by atoms with Gasteiger partial charge >= 0.3 is 12.0 Å². The third-order valence-electron chi connectivity index (χ3n) is 6.63. The number of benzene rings is 3. The number of urea groups is 1. The van der Waals surface area contributed by atoms with Crippen molar-refractivity contribution in [3.8, 4) is 11.5 Å². The summed E-state index contributed by atoms with van der Waals surface area (Å²) in [5.74, 6) is -1.81. The average Bonchev–Trinajstić information content (AvgIpc) is 3.15. The molecule has 0 spiro atoms. The van der Waals surface area contributed by atoms with Crippen molar-refractivity contribution in [1.29, 1.82) is 0 Å². The van der Waals surface area contributed by atoms with Gasteiger partial charge in [-0.1, -0.05) is 36.4 Å². The zero-order valence-electron chi connectivity index (χ0n) is 21.3. The SMILES string of the molecule is CN1C(=O)N(Cc2ccc(F)c(F)c2)CC1CCOc1ccc(CC(C)(Oc2ccccc2)C(=O)O)cc1. The Balaban J connectivity index is 1.28. The summed E-state index contributed by atoms with van der Waals surface area (Å²) in [5, 5.41) is 9.78. The van der Waals surface area contributed by atoms with Gasteiger partial charge in [0.1, 0.15) is 11.5 Å². The molecule has 0 saturated carbocycles. The van der Waals surface area contributed by atoms with E-state index in [1.54, 1.807) is 72.3 Å². The number of likely N-dealkylation sites (N-methyl/N-ethyl adjacent to an activating group) is 1. The standard InChI is InChI=1S/C29H30F2N2O5/c1-29(27(34)35,38-24-6-4-3-5-7-24)17-20-8-11-23(12-9-20)37-15-14-22-19-33(28(36)32(22)2)18-21-10-13-25(30)26(31)16-21/h3-13,16,22H,14-15,17-19H2,1-2H3,(H,34,35). The highest BCUT2D eigenvalue weighted by molar-refractivity contribution is 5.78. The minimum absolute atomic E-state index is 0.0847. The Bertz CT molecular complexity index is 1270. The lowest BCUT2D eigenvalue weighted by Gasteiger charge is -2.26. The fourth-order valence-corrected chi connectivity index (χ4v) is 4.42. The summed E-state index contributed by atoms with van der Waals surface area (Å²) in [6.45, 7) is 2.56. The number of halogens is 2. The number of nitrogens with zero attached hydrogens (tertiary/aromatic N) is 2. The van der Waals surface area contributed by atoms with Crippen LogP contribution in [0, 0.1) is 11.6 Å². The summed E-state index contributed by atoms with van der Waals surface area (Å²) >= 11 is 0. The Morgan fingerprint density at radius 2 is 1.68 bits per heavy atom. The molecular weight excluding hydrogens is 494 g/mol. The summed E-state index contributed by atoms with van der Waals surface area (Å²) in [6, 6.07) is 19.4. The first kappa shape index (κ1) is 26.9. The van der Waals surface area contributed by atoms with Crippen LogP contribution in [0.1, 0.15) is 24.5 Å². The molecule has 9 heteroatoms. The predicted octanol–water partition coefficient (Wildman–Crippen LogP) is 5.13. The highest BCUT2D eigenvalue weighted by Gasteiger charge is 2.36. The van der Waals surface area contributed by atoms with E-state index in [0.717, 1.165) is 17.7 Å². The molecule has 200 valence electrons. The van der Waals surface area contributed by atoms with E-state index in [1.807, 2.05) is 6.07 Å². The Labute approximate surface area is 220 Å². The van der Waals surface area contributed by atoms with E-state index >= 15 is 0 Å². The van der Waals surface area contributed by atoms with Crippen LogP contribution in [0.25, 0.3) is 0 Å². The fraction of sp³-hybridized carbons (Fsp3) is 0.310. The van der Waals surface area contributed by atoms with Crippen LogP contribution in [0.4, 0.5) is 13.6 Å². The van der Waals surface area contributed by atoms with Crippen molar-refractivity contribution < 1.29 is 33.0 Å². The van der Waals surface area contributed by atoms with Gasteiger partial charge in [0.15, 0.2) is 11.6 Å². The maximum atomic E-state index is 13.5. The van der Waals surface area contributed by atoms with Crippen molar-refractivity contribution in [2.75, 3.05) is 20.2 Å². The van der Waals surface area contributed by atoms with Gasteiger partial charge in [0, 0.05) is 33.0 Å². The topological polar surface area (TPSA) is 79.3 Å². The van der Waals surface area contributed by atoms with Gasteiger partial charge in [-0.15, -0.1) is 0 Å². The smallest absolute Gasteiger partial charge is 0.348 e. The van der Waals surface area contributed by atoms with Gasteiger partial charge in [-0.25, -0.2) is 18.4 Å². The minimum atomic E-state index is -1.44. The van der Waals surface area contributed by atoms with Crippen LogP contribution in [0.15, 0.2) is 72.8 Å². The molecular formula is C29H30F2N2O5. The van der Waals surface area contributed by atoms with Gasteiger partial charge in [-0.3, -0.25) is 0 Å². The lowest BCUT2D eigenvalue weighted by Crippen LogP contribution is -2.43. The Morgan fingerprint density at radius 3 is 2.34 bits per heavy atom. The molecule has 0 aliphatic carbocycles. The van der Waals surface area contributed by atoms with Gasteiger partial charge in [-0.2, -0.15) is 0 Å². The van der Waals surface area contributed by atoms with Gasteiger partial charge in [-0.05, 0) is 54.4 Å². The first-order valence-corrected chi connectivity index (χ1v) is 12.3. The quantitative estimate of drug-likeness (QED) is 0.376. The molecule has 4 rings (SSSR count). The molecule has 38 heavy (non-hydrogen) atoms. The van der Waals surface area contributed by atoms with Crippen LogP contribution in [0.3, 0.4) is 0 Å². The first-order valence-electron chi connectivity index (χ1n) is 12.3. The number of carbonyl (C=O) groups is 2. The van der Waals surface area contributed by atoms with E-state index in [-0.39, 0.29) is 25.0 Å². The van der Waals surface area contributed by atoms with E-state index in [0.29, 0.717) is 36.6 Å². The van der Waals surface area contributed by atoms with E-state index in [2.05, 4.69) is 0 Å². The second-order valence-corrected chi connectivity index (χ2v) is 9.59. The van der Waals surface area contributed by atoms with Crippen LogP contribution in [-0.2, 0) is 17.8 Å². The number of carboxylic acids is 1. The molecule has 3 aromatic rings. The molecule has 1 saturated heterocycles. The van der Waals surface area contributed by atoms with Crippen LogP contribution in [-0.4, -0.2) is 58.7 Å². The molecule has 2 atom stereocenters. The summed E-state index contributed by atoms with van der Waals surface area (Å²) in [4.78, 5) is 27.8. The van der Waals surface area contributed by atoms with Gasteiger partial charge < -0.3 is 24.4 Å². The summed E-state index contributed by atoms with van der Waals surface area (Å²) in [5.41, 5.74) is -0.127. The van der Waals surface area contributed by atoms with Crippen LogP contribution >= 0.6 is 0 Å². The Kier molecular flexibility index (Phi) is 8.14. The zero-order valence-corrected chi connectivity index (χ0v) is 21.3. The van der Waals surface area contributed by atoms with E-state index in [9.17, 15) is 23.5 Å². The molecule has 3 aromatic carbocycles. The third kappa shape index (κ3) is 6.40. The second kappa shape index (κ2) is 11.5. The predicted molar refractivity (Wildman–Crippen MR) is 137 cm³/mol. The molecule has 1 fully saturated rings. The number of para-hydroxylation sites is 1. The maximum Gasteiger partial charge on any atom is 0.348 e. The van der Waals surface area contributed by atoms with Crippen LogP contribution in [0.5, 0.6) is 11.5 Å². The van der Waals surface area contributed by atoms with Crippen molar-refractivity contribution in [1.82, 2.24) is 9.80 Å². The summed E-state index contributed by atoms with van der Waals surface area (Å²) < 4.78 is 38.4. The molecule has 1 aliphatic rings. The highest BCUT2D eigenvalue weighted by atomic mass is 19.2. The normalized spacial score (nSPS) is 16.8. The minimum Gasteiger partial charge on any atom is -0.494 e. The molecule has 1 N–H and O–H groups in total. The Morgan fingerprint density at radius 1 is 1.00 bits per heavy atom. The van der Waals surface area contributed by atoms with Crippen molar-refractivity contribution >= 4 is 12.0 Å². The van der Waals surface area contributed by atoms with Crippen LogP contribution < -0.4 is 9.47 Å². The van der Waals surface area contributed by atoms with Crippen LogP contribution in [0.2, 0.25) is 0 Å². The second-order valence-electron chi connectivity index (χ2n) is 9.59. The number of hydrogen-bond donors (Lipinski definition) is 1. The fourth-order valence-electron chi connectivity index (χ4n) is 4.42. The number of hydrogen-bond acceptors (Lipinski definition) is 4. The molecule has 0 aromatic heterocycles. The largest absolute Gasteiger partial charge is 0.494 e. The molecule has 2 amide bonds. The number of aliphatic carboxylic acids is 1. The summed E-state index contributed by atoms with van der Waals surface area (Å²) in [7, 11) is 1.71. The number of ether oxygens (including phenoxy) is 2. The first-order chi connectivity index (χ1) is 18.1. The number of amides is 2. The third-order valence-corrected chi connectivity index (χ3v) is 6.63. The molecule has 0 bridgehead atoms. The van der Waals surface area contributed by atoms with Gasteiger partial charge in [0.2, 0.25) is 5.60 Å². The lowest BCUT2D eigenvalue weighted by atomic mass is 9.96. The van der Waals surface area contributed by atoms with Crippen molar-refractivity contribution in [3.63, 3.8) is 0 Å². The lowest BCUT2D eigenvalue weighted by molar-refractivity contribution is -0.153. The number of carbonyl (C=O) groups excluding carboxylic acids is 1. The molecule has 2 unspecified atom stereocenters. The molecule has 0 radical (unpaired) electrons.